The molecule has 0 radical (unpaired) electrons. The standard InChI is InChI=1S/C34H33ClN8O3/c1-34(28-8-7-23(35)17-36-28)45-27-4-2-3-25(30(27)46-34)20-9-12-42(13-10-20)19-29-38-26-15-22(32-39-31(40-41-32)21-5-6-21)16-37-33(26)43(29)18-24-11-14-44-24/h2-4,7-9,15-17,21,24H,5-6,10-14,18-19H2,1H3,(H,39,40,41)/t24-,34?/m0/s1. The van der Waals surface area contributed by atoms with Gasteiger partial charge < -0.3 is 18.8 Å². The molecule has 0 amide bonds. The minimum absolute atomic E-state index is 0.191. The van der Waals surface area contributed by atoms with Crippen LogP contribution in [0.25, 0.3) is 28.1 Å². The summed E-state index contributed by atoms with van der Waals surface area (Å²) in [6.07, 6.45) is 10.2. The van der Waals surface area contributed by atoms with Crippen LogP contribution in [0, 0.1) is 0 Å². The lowest BCUT2D eigenvalue weighted by molar-refractivity contribution is -0.0718. The number of pyridine rings is 2. The maximum Gasteiger partial charge on any atom is 0.292 e. The lowest BCUT2D eigenvalue weighted by atomic mass is 9.98. The maximum atomic E-state index is 6.46. The molecule has 9 rings (SSSR count). The molecule has 2 atom stereocenters. The van der Waals surface area contributed by atoms with E-state index in [1.807, 2.05) is 31.3 Å². The number of hydrogen-bond donors (Lipinski definition) is 1. The van der Waals surface area contributed by atoms with Crippen LogP contribution in [0.5, 0.6) is 11.5 Å². The van der Waals surface area contributed by atoms with E-state index in [2.05, 4.69) is 42.9 Å². The fraction of sp³-hybridized carbons (Fsp3) is 0.382. The SMILES string of the molecule is CC1(c2ccc(Cl)cn2)Oc2cccc(C3=CCN(Cc4nc5cc(-c6n[nH]c(C7CC7)n6)cnc5n4C[C@@H]4CCO4)CC3)c2O1. The summed E-state index contributed by atoms with van der Waals surface area (Å²) in [5, 5.41) is 8.13. The van der Waals surface area contributed by atoms with Crippen molar-refractivity contribution in [2.24, 2.45) is 0 Å². The van der Waals surface area contributed by atoms with Crippen molar-refractivity contribution in [3.63, 3.8) is 0 Å². The average molecular weight is 637 g/mol. The number of rotatable bonds is 8. The van der Waals surface area contributed by atoms with Crippen LogP contribution in [0.15, 0.2) is 54.9 Å². The molecule has 7 heterocycles. The highest BCUT2D eigenvalue weighted by Crippen LogP contribution is 2.48. The molecule has 1 saturated heterocycles. The van der Waals surface area contributed by atoms with Crippen molar-refractivity contribution < 1.29 is 14.2 Å². The lowest BCUT2D eigenvalue weighted by Crippen LogP contribution is -2.34. The number of para-hydroxylation sites is 1. The number of nitrogens with one attached hydrogen (secondary N) is 1. The number of halogens is 1. The number of ether oxygens (including phenoxy) is 3. The van der Waals surface area contributed by atoms with Gasteiger partial charge in [-0.05, 0) is 55.5 Å². The number of hydrogen-bond acceptors (Lipinski definition) is 9. The predicted molar refractivity (Wildman–Crippen MR) is 171 cm³/mol. The van der Waals surface area contributed by atoms with Gasteiger partial charge in [-0.15, -0.1) is 0 Å². The Morgan fingerprint density at radius 2 is 1.98 bits per heavy atom. The van der Waals surface area contributed by atoms with Crippen molar-refractivity contribution in [3.05, 3.63) is 82.8 Å². The van der Waals surface area contributed by atoms with E-state index in [0.717, 1.165) is 78.8 Å². The Bertz CT molecular complexity index is 1980. The number of H-pyrrole nitrogens is 1. The van der Waals surface area contributed by atoms with Crippen molar-refractivity contribution in [3.8, 4) is 22.9 Å². The molecule has 11 nitrogen and oxygen atoms in total. The zero-order valence-electron chi connectivity index (χ0n) is 25.4. The lowest BCUT2D eigenvalue weighted by Gasteiger charge is -2.29. The minimum Gasteiger partial charge on any atom is -0.443 e. The molecule has 0 spiro atoms. The van der Waals surface area contributed by atoms with E-state index in [0.29, 0.717) is 34.8 Å². The van der Waals surface area contributed by atoms with Gasteiger partial charge in [0.2, 0.25) is 0 Å². The second-order valence-electron chi connectivity index (χ2n) is 12.7. The first kappa shape index (κ1) is 27.9. The predicted octanol–water partition coefficient (Wildman–Crippen LogP) is 5.86. The third kappa shape index (κ3) is 5.03. The van der Waals surface area contributed by atoms with Gasteiger partial charge in [-0.3, -0.25) is 15.0 Å². The first-order chi connectivity index (χ1) is 22.5. The summed E-state index contributed by atoms with van der Waals surface area (Å²) in [5.41, 5.74) is 5.57. The van der Waals surface area contributed by atoms with Gasteiger partial charge in [-0.2, -0.15) is 5.10 Å². The molecular formula is C34H33ClN8O3. The number of fused-ring (bicyclic) bond motifs is 2. The van der Waals surface area contributed by atoms with E-state index in [9.17, 15) is 0 Å². The van der Waals surface area contributed by atoms with Gasteiger partial charge in [-0.1, -0.05) is 29.8 Å². The first-order valence-electron chi connectivity index (χ1n) is 15.9. The number of aromatic amines is 1. The van der Waals surface area contributed by atoms with Crippen molar-refractivity contribution in [2.45, 2.75) is 63.5 Å². The molecule has 1 N–H and O–H groups in total. The summed E-state index contributed by atoms with van der Waals surface area (Å²) >= 11 is 6.07. The second-order valence-corrected chi connectivity index (χ2v) is 13.1. The molecule has 12 heteroatoms. The Labute approximate surface area is 270 Å². The van der Waals surface area contributed by atoms with Crippen LogP contribution in [0.2, 0.25) is 5.02 Å². The summed E-state index contributed by atoms with van der Waals surface area (Å²) in [6.45, 7) is 5.83. The van der Waals surface area contributed by atoms with Crippen molar-refractivity contribution in [2.75, 3.05) is 19.7 Å². The van der Waals surface area contributed by atoms with Crippen LogP contribution in [0.4, 0.5) is 0 Å². The van der Waals surface area contributed by atoms with E-state index >= 15 is 0 Å². The summed E-state index contributed by atoms with van der Waals surface area (Å²) in [6, 6.07) is 11.8. The van der Waals surface area contributed by atoms with Gasteiger partial charge in [0.25, 0.3) is 5.79 Å². The summed E-state index contributed by atoms with van der Waals surface area (Å²) in [4.78, 5) is 21.6. The zero-order chi connectivity index (χ0) is 30.8. The van der Waals surface area contributed by atoms with Crippen LogP contribution >= 0.6 is 11.6 Å². The van der Waals surface area contributed by atoms with Crippen molar-refractivity contribution >= 4 is 28.3 Å². The fourth-order valence-corrected chi connectivity index (χ4v) is 6.61. The maximum absolute atomic E-state index is 6.46. The first-order valence-corrected chi connectivity index (χ1v) is 16.3. The molecule has 46 heavy (non-hydrogen) atoms. The molecule has 4 aliphatic rings. The molecule has 234 valence electrons. The molecule has 5 aromatic rings. The van der Waals surface area contributed by atoms with Crippen LogP contribution < -0.4 is 9.47 Å². The monoisotopic (exact) mass is 636 g/mol. The van der Waals surface area contributed by atoms with Crippen LogP contribution in [-0.2, 0) is 23.6 Å². The summed E-state index contributed by atoms with van der Waals surface area (Å²) in [5.74, 6) is 3.59. The third-order valence-corrected chi connectivity index (χ3v) is 9.57. The quantitative estimate of drug-likeness (QED) is 0.223. The molecule has 1 saturated carbocycles. The van der Waals surface area contributed by atoms with E-state index in [1.54, 1.807) is 12.3 Å². The van der Waals surface area contributed by atoms with Crippen LogP contribution in [-0.4, -0.2) is 65.4 Å². The largest absolute Gasteiger partial charge is 0.443 e. The fourth-order valence-electron chi connectivity index (χ4n) is 6.50. The Morgan fingerprint density at radius 3 is 2.74 bits per heavy atom. The minimum atomic E-state index is -1.02. The number of imidazole rings is 1. The van der Waals surface area contributed by atoms with Gasteiger partial charge in [-0.25, -0.2) is 15.0 Å². The van der Waals surface area contributed by atoms with Gasteiger partial charge in [0.1, 0.15) is 22.9 Å². The second kappa shape index (κ2) is 10.9. The summed E-state index contributed by atoms with van der Waals surface area (Å²) in [7, 11) is 0. The third-order valence-electron chi connectivity index (χ3n) is 9.35. The Balaban J connectivity index is 0.955. The van der Waals surface area contributed by atoms with E-state index in [1.165, 1.54) is 18.4 Å². The molecular weight excluding hydrogens is 604 g/mol. The molecule has 0 bridgehead atoms. The molecule has 2 fully saturated rings. The molecule has 1 unspecified atom stereocenters. The van der Waals surface area contributed by atoms with Crippen molar-refractivity contribution in [1.82, 2.24) is 39.6 Å². The van der Waals surface area contributed by atoms with Gasteiger partial charge >= 0.3 is 0 Å². The Morgan fingerprint density at radius 1 is 1.07 bits per heavy atom. The number of nitrogens with zero attached hydrogens (tertiary/aromatic N) is 7. The molecule has 1 aliphatic carbocycles. The highest BCUT2D eigenvalue weighted by atomic mass is 35.5. The average Bonchev–Trinajstić information content (AvgIpc) is 3.51. The normalized spacial score (nSPS) is 22.7. The van der Waals surface area contributed by atoms with E-state index in [-0.39, 0.29) is 6.10 Å². The van der Waals surface area contributed by atoms with Crippen LogP contribution in [0.1, 0.15) is 61.4 Å². The summed E-state index contributed by atoms with van der Waals surface area (Å²) < 4.78 is 20.8. The number of aromatic nitrogens is 7. The Hall–Kier alpha value is -4.32. The molecule has 4 aromatic heterocycles. The Kier molecular flexibility index (Phi) is 6.62. The van der Waals surface area contributed by atoms with Gasteiger partial charge in [0.05, 0.1) is 24.2 Å². The topological polar surface area (TPSA) is 116 Å². The van der Waals surface area contributed by atoms with E-state index < -0.39 is 5.79 Å². The van der Waals surface area contributed by atoms with Crippen LogP contribution in [0.3, 0.4) is 0 Å². The highest BCUT2D eigenvalue weighted by molar-refractivity contribution is 6.30. The molecule has 3 aliphatic heterocycles. The zero-order valence-corrected chi connectivity index (χ0v) is 26.2. The number of benzene rings is 1. The van der Waals surface area contributed by atoms with E-state index in [4.69, 9.17) is 40.8 Å². The smallest absolute Gasteiger partial charge is 0.292 e. The van der Waals surface area contributed by atoms with Crippen molar-refractivity contribution in [1.29, 1.82) is 0 Å². The highest BCUT2D eigenvalue weighted by Gasteiger charge is 2.41. The molecule has 1 aromatic carbocycles. The van der Waals surface area contributed by atoms with Gasteiger partial charge in [0.15, 0.2) is 23.0 Å². The van der Waals surface area contributed by atoms with Gasteiger partial charge in [0, 0.05) is 56.1 Å².